The van der Waals surface area contributed by atoms with Gasteiger partial charge in [-0.3, -0.25) is 4.72 Å². The van der Waals surface area contributed by atoms with Crippen molar-refractivity contribution in [3.8, 4) is 0 Å². The van der Waals surface area contributed by atoms with Gasteiger partial charge < -0.3 is 0 Å². The Morgan fingerprint density at radius 3 is 2.11 bits per heavy atom. The van der Waals surface area contributed by atoms with Gasteiger partial charge in [0.1, 0.15) is 0 Å². The molecule has 1 aromatic rings. The van der Waals surface area contributed by atoms with Crippen molar-refractivity contribution in [2.45, 2.75) is 18.7 Å². The van der Waals surface area contributed by atoms with E-state index in [0.29, 0.717) is 11.1 Å². The third-order valence-corrected chi connectivity index (χ3v) is 4.40. The van der Waals surface area contributed by atoms with Crippen LogP contribution in [0.3, 0.4) is 0 Å². The average Bonchev–Trinajstić information content (AvgIpc) is 2.22. The van der Waals surface area contributed by atoms with Crippen molar-refractivity contribution in [1.29, 1.82) is 0 Å². The van der Waals surface area contributed by atoms with E-state index in [4.69, 9.17) is 5.14 Å². The van der Waals surface area contributed by atoms with Crippen LogP contribution in [0.5, 0.6) is 0 Å². The minimum Gasteiger partial charge on any atom is -0.271 e. The van der Waals surface area contributed by atoms with Crippen LogP contribution in [0.1, 0.15) is 11.1 Å². The first-order chi connectivity index (χ1) is 8.07. The van der Waals surface area contributed by atoms with Crippen LogP contribution in [0.25, 0.3) is 0 Å². The normalized spacial score (nSPS) is 12.4. The lowest BCUT2D eigenvalue weighted by molar-refractivity contribution is 0.592. The minimum atomic E-state index is -3.88. The first-order valence-electron chi connectivity index (χ1n) is 4.92. The minimum absolute atomic E-state index is 0.139. The smallest absolute Gasteiger partial charge is 0.271 e. The number of rotatable bonds is 4. The maximum absolute atomic E-state index is 11.4. The Bertz CT molecular complexity index is 665. The SMILES string of the molecule is CNS(=O)(=O)Nc1cc(S(N)(=O)=O)cc(C)c1C. The molecule has 0 atom stereocenters. The van der Waals surface area contributed by atoms with Gasteiger partial charge in [-0.1, -0.05) is 0 Å². The first kappa shape index (κ1) is 14.9. The van der Waals surface area contributed by atoms with Gasteiger partial charge in [0, 0.05) is 7.05 Å². The largest absolute Gasteiger partial charge is 0.298 e. The van der Waals surface area contributed by atoms with E-state index in [2.05, 4.69) is 9.44 Å². The Labute approximate surface area is 107 Å². The fourth-order valence-corrected chi connectivity index (χ4v) is 2.52. The molecular weight excluding hydrogens is 278 g/mol. The molecular formula is C9H15N3O4S2. The van der Waals surface area contributed by atoms with Gasteiger partial charge in [0.2, 0.25) is 10.0 Å². The number of nitrogens with two attached hydrogens (primary N) is 1. The third-order valence-electron chi connectivity index (χ3n) is 2.48. The van der Waals surface area contributed by atoms with Gasteiger partial charge in [-0.15, -0.1) is 0 Å². The second-order valence-electron chi connectivity index (χ2n) is 3.77. The maximum atomic E-state index is 11.4. The zero-order valence-electron chi connectivity index (χ0n) is 10.2. The molecule has 7 nitrogen and oxygen atoms in total. The van der Waals surface area contributed by atoms with E-state index in [0.717, 1.165) is 0 Å². The zero-order valence-corrected chi connectivity index (χ0v) is 11.8. The number of hydrogen-bond donors (Lipinski definition) is 3. The van der Waals surface area contributed by atoms with Crippen molar-refractivity contribution in [2.24, 2.45) is 5.14 Å². The Hall–Kier alpha value is -1.16. The van der Waals surface area contributed by atoms with Gasteiger partial charge in [-0.05, 0) is 37.1 Å². The molecule has 0 bridgehead atoms. The summed E-state index contributed by atoms with van der Waals surface area (Å²) in [5.74, 6) is 0. The number of hydrogen-bond acceptors (Lipinski definition) is 4. The highest BCUT2D eigenvalue weighted by Gasteiger charge is 2.15. The van der Waals surface area contributed by atoms with E-state index in [1.54, 1.807) is 13.8 Å². The summed E-state index contributed by atoms with van der Waals surface area (Å²) in [7, 11) is -6.35. The quantitative estimate of drug-likeness (QED) is 0.714. The predicted molar refractivity (Wildman–Crippen MR) is 68.9 cm³/mol. The number of nitrogens with one attached hydrogen (secondary N) is 2. The Balaban J connectivity index is 3.41. The molecule has 0 radical (unpaired) electrons. The summed E-state index contributed by atoms with van der Waals surface area (Å²) in [4.78, 5) is -0.139. The van der Waals surface area contributed by atoms with E-state index in [1.807, 2.05) is 0 Å². The highest BCUT2D eigenvalue weighted by molar-refractivity contribution is 7.90. The van der Waals surface area contributed by atoms with Crippen LogP contribution in [0, 0.1) is 13.8 Å². The molecule has 0 fully saturated rings. The number of primary sulfonamides is 1. The van der Waals surface area contributed by atoms with E-state index in [9.17, 15) is 16.8 Å². The first-order valence-corrected chi connectivity index (χ1v) is 7.95. The van der Waals surface area contributed by atoms with Crippen LogP contribution in [0.15, 0.2) is 17.0 Å². The van der Waals surface area contributed by atoms with Crippen LogP contribution in [-0.2, 0) is 20.2 Å². The van der Waals surface area contributed by atoms with Gasteiger partial charge in [-0.2, -0.15) is 8.42 Å². The molecule has 102 valence electrons. The molecule has 1 rings (SSSR count). The number of anilines is 1. The molecule has 0 amide bonds. The molecule has 0 spiro atoms. The summed E-state index contributed by atoms with van der Waals surface area (Å²) in [5.41, 5.74) is 1.42. The van der Waals surface area contributed by atoms with Gasteiger partial charge in [0.05, 0.1) is 10.6 Å². The monoisotopic (exact) mass is 293 g/mol. The lowest BCUT2D eigenvalue weighted by atomic mass is 10.1. The molecule has 9 heteroatoms. The van der Waals surface area contributed by atoms with Crippen LogP contribution < -0.4 is 14.6 Å². The lowest BCUT2D eigenvalue weighted by Crippen LogP contribution is -2.27. The van der Waals surface area contributed by atoms with E-state index >= 15 is 0 Å². The number of aryl methyl sites for hydroxylation is 1. The highest BCUT2D eigenvalue weighted by Crippen LogP contribution is 2.24. The summed E-state index contributed by atoms with van der Waals surface area (Å²) < 4.78 is 49.6. The predicted octanol–water partition coefficient (Wildman–Crippen LogP) is -0.173. The fourth-order valence-electron chi connectivity index (χ4n) is 1.29. The summed E-state index contributed by atoms with van der Waals surface area (Å²) in [6.07, 6.45) is 0. The van der Waals surface area contributed by atoms with Gasteiger partial charge in [0.15, 0.2) is 0 Å². The van der Waals surface area contributed by atoms with Crippen LogP contribution in [0.4, 0.5) is 5.69 Å². The van der Waals surface area contributed by atoms with Crippen LogP contribution >= 0.6 is 0 Å². The Kier molecular flexibility index (Phi) is 4.01. The van der Waals surface area contributed by atoms with Crippen molar-refractivity contribution >= 4 is 25.9 Å². The van der Waals surface area contributed by atoms with E-state index in [-0.39, 0.29) is 10.6 Å². The van der Waals surface area contributed by atoms with Crippen molar-refractivity contribution in [2.75, 3.05) is 11.8 Å². The molecule has 0 aliphatic rings. The average molecular weight is 293 g/mol. The van der Waals surface area contributed by atoms with Crippen LogP contribution in [-0.4, -0.2) is 23.9 Å². The van der Waals surface area contributed by atoms with Crippen molar-refractivity contribution in [1.82, 2.24) is 4.72 Å². The molecule has 0 aliphatic heterocycles. The van der Waals surface area contributed by atoms with Gasteiger partial charge >= 0.3 is 0 Å². The molecule has 1 aromatic carbocycles. The molecule has 0 aliphatic carbocycles. The second-order valence-corrected chi connectivity index (χ2v) is 6.95. The third kappa shape index (κ3) is 3.42. The number of sulfonamides is 1. The van der Waals surface area contributed by atoms with Crippen molar-refractivity contribution in [3.63, 3.8) is 0 Å². The molecule has 0 saturated heterocycles. The van der Waals surface area contributed by atoms with Crippen molar-refractivity contribution in [3.05, 3.63) is 23.3 Å². The summed E-state index contributed by atoms with van der Waals surface area (Å²) in [5, 5.41) is 5.02. The standard InChI is InChI=1S/C9H15N3O4S2/c1-6-4-8(17(10,13)14)5-9(7(6)2)12-18(15,16)11-3/h4-5,11-12H,1-3H3,(H2,10,13,14). The molecule has 0 aromatic heterocycles. The highest BCUT2D eigenvalue weighted by atomic mass is 32.2. The summed E-state index contributed by atoms with van der Waals surface area (Å²) in [6, 6.07) is 2.58. The fraction of sp³-hybridized carbons (Fsp3) is 0.333. The Morgan fingerprint density at radius 1 is 1.11 bits per heavy atom. The van der Waals surface area contributed by atoms with Crippen LogP contribution in [0.2, 0.25) is 0 Å². The molecule has 0 unspecified atom stereocenters. The molecule has 4 N–H and O–H groups in total. The Morgan fingerprint density at radius 2 is 1.67 bits per heavy atom. The summed E-state index contributed by atoms with van der Waals surface area (Å²) >= 11 is 0. The van der Waals surface area contributed by atoms with E-state index in [1.165, 1.54) is 19.2 Å². The zero-order chi connectivity index (χ0) is 14.1. The van der Waals surface area contributed by atoms with Gasteiger partial charge in [0.25, 0.3) is 10.2 Å². The van der Waals surface area contributed by atoms with Gasteiger partial charge in [-0.25, -0.2) is 18.3 Å². The number of benzene rings is 1. The maximum Gasteiger partial charge on any atom is 0.298 e. The lowest BCUT2D eigenvalue weighted by Gasteiger charge is -2.13. The molecule has 18 heavy (non-hydrogen) atoms. The van der Waals surface area contributed by atoms with Crippen molar-refractivity contribution < 1.29 is 16.8 Å². The second kappa shape index (κ2) is 4.84. The molecule has 0 saturated carbocycles. The molecule has 0 heterocycles. The summed E-state index contributed by atoms with van der Waals surface area (Å²) in [6.45, 7) is 3.34. The van der Waals surface area contributed by atoms with E-state index < -0.39 is 20.2 Å². The topological polar surface area (TPSA) is 118 Å².